The number of benzene rings is 1. The van der Waals surface area contributed by atoms with Crippen molar-refractivity contribution in [2.75, 3.05) is 6.54 Å². The molecule has 0 saturated carbocycles. The molecular weight excluding hydrogens is 307 g/mol. The summed E-state index contributed by atoms with van der Waals surface area (Å²) in [5.41, 5.74) is 0. The first-order chi connectivity index (χ1) is 10.3. The molecule has 0 heterocycles. The number of carbonyl (C=O) groups excluding carboxylic acids is 1. The zero-order chi connectivity index (χ0) is 16.8. The number of hydrogen-bond donors (Lipinski definition) is 2. The molecule has 1 aromatic rings. The zero-order valence-corrected chi connectivity index (χ0v) is 13.9. The van der Waals surface area contributed by atoms with E-state index >= 15 is 0 Å². The molecule has 0 radical (unpaired) electrons. The molecule has 1 aromatic carbocycles. The van der Waals surface area contributed by atoms with E-state index in [2.05, 4.69) is 10.0 Å². The van der Waals surface area contributed by atoms with Crippen LogP contribution < -0.4 is 10.0 Å². The fourth-order valence-electron chi connectivity index (χ4n) is 1.88. The molecule has 0 unspecified atom stereocenters. The van der Waals surface area contributed by atoms with Crippen molar-refractivity contribution in [3.63, 3.8) is 0 Å². The standard InChI is InChI=1S/C15H23FN2O3S/c1-4-5-10-17-15(19)14(11(2)3)18-22(20,21)13-9-7-6-8-12(13)16/h6-9,11,14,18H,4-5,10H2,1-3H3,(H,17,19)/t14-/m0/s1. The number of sulfonamides is 1. The molecular formula is C15H23FN2O3S. The SMILES string of the molecule is CCCCNC(=O)[C@@H](NS(=O)(=O)c1ccccc1F)C(C)C. The number of nitrogens with one attached hydrogen (secondary N) is 2. The monoisotopic (exact) mass is 330 g/mol. The van der Waals surface area contributed by atoms with Gasteiger partial charge in [-0.15, -0.1) is 0 Å². The fourth-order valence-corrected chi connectivity index (χ4v) is 3.31. The maximum atomic E-state index is 13.7. The number of hydrogen-bond acceptors (Lipinski definition) is 3. The van der Waals surface area contributed by atoms with Gasteiger partial charge in [0.2, 0.25) is 15.9 Å². The lowest BCUT2D eigenvalue weighted by atomic mass is 10.1. The first-order valence-electron chi connectivity index (χ1n) is 7.34. The molecule has 124 valence electrons. The summed E-state index contributed by atoms with van der Waals surface area (Å²) < 4.78 is 40.5. The summed E-state index contributed by atoms with van der Waals surface area (Å²) in [5.74, 6) is -1.50. The van der Waals surface area contributed by atoms with E-state index in [1.165, 1.54) is 18.2 Å². The predicted octanol–water partition coefficient (Wildman–Crippen LogP) is 2.04. The fraction of sp³-hybridized carbons (Fsp3) is 0.533. The first-order valence-corrected chi connectivity index (χ1v) is 8.82. The van der Waals surface area contributed by atoms with Crippen molar-refractivity contribution in [3.8, 4) is 0 Å². The lowest BCUT2D eigenvalue weighted by molar-refractivity contribution is -0.123. The van der Waals surface area contributed by atoms with E-state index in [1.807, 2.05) is 6.92 Å². The van der Waals surface area contributed by atoms with Crippen molar-refractivity contribution in [3.05, 3.63) is 30.1 Å². The van der Waals surface area contributed by atoms with Gasteiger partial charge < -0.3 is 5.32 Å². The molecule has 0 saturated heterocycles. The third-order valence-electron chi connectivity index (χ3n) is 3.19. The van der Waals surface area contributed by atoms with Crippen molar-refractivity contribution in [2.45, 2.75) is 44.6 Å². The second kappa shape index (κ2) is 8.24. The molecule has 1 rings (SSSR count). The highest BCUT2D eigenvalue weighted by molar-refractivity contribution is 7.89. The van der Waals surface area contributed by atoms with E-state index in [4.69, 9.17) is 0 Å². The summed E-state index contributed by atoms with van der Waals surface area (Å²) in [5, 5.41) is 2.69. The van der Waals surface area contributed by atoms with Crippen LogP contribution in [0.15, 0.2) is 29.2 Å². The van der Waals surface area contributed by atoms with Gasteiger partial charge in [-0.05, 0) is 24.5 Å². The van der Waals surface area contributed by atoms with Crippen LogP contribution in [-0.2, 0) is 14.8 Å². The molecule has 0 fully saturated rings. The molecule has 0 bridgehead atoms. The van der Waals surface area contributed by atoms with Gasteiger partial charge in [0.05, 0.1) is 0 Å². The Kier molecular flexibility index (Phi) is 6.96. The number of halogens is 1. The molecule has 0 aliphatic carbocycles. The second-order valence-corrected chi connectivity index (χ2v) is 7.10. The van der Waals surface area contributed by atoms with E-state index in [9.17, 15) is 17.6 Å². The lowest BCUT2D eigenvalue weighted by Crippen LogP contribution is -2.49. The molecule has 0 aliphatic rings. The molecule has 0 aliphatic heterocycles. The maximum Gasteiger partial charge on any atom is 0.244 e. The summed E-state index contributed by atoms with van der Waals surface area (Å²) in [7, 11) is -4.10. The zero-order valence-electron chi connectivity index (χ0n) is 13.1. The average Bonchev–Trinajstić information content (AvgIpc) is 2.45. The van der Waals surface area contributed by atoms with E-state index < -0.39 is 32.7 Å². The number of carbonyl (C=O) groups is 1. The van der Waals surface area contributed by atoms with Crippen LogP contribution in [0.4, 0.5) is 4.39 Å². The highest BCUT2D eigenvalue weighted by Gasteiger charge is 2.29. The summed E-state index contributed by atoms with van der Waals surface area (Å²) in [6.45, 7) is 5.94. The number of amides is 1. The van der Waals surface area contributed by atoms with Crippen molar-refractivity contribution < 1.29 is 17.6 Å². The quantitative estimate of drug-likeness (QED) is 0.716. The van der Waals surface area contributed by atoms with Crippen LogP contribution >= 0.6 is 0 Å². The van der Waals surface area contributed by atoms with E-state index in [-0.39, 0.29) is 5.92 Å². The van der Waals surface area contributed by atoms with Gasteiger partial charge in [0, 0.05) is 6.54 Å². The summed E-state index contributed by atoms with van der Waals surface area (Å²) >= 11 is 0. The summed E-state index contributed by atoms with van der Waals surface area (Å²) in [6.07, 6.45) is 1.74. The average molecular weight is 330 g/mol. The number of rotatable bonds is 8. The van der Waals surface area contributed by atoms with E-state index in [1.54, 1.807) is 13.8 Å². The highest BCUT2D eigenvalue weighted by atomic mass is 32.2. The minimum atomic E-state index is -4.10. The van der Waals surface area contributed by atoms with Gasteiger partial charge in [0.15, 0.2) is 0 Å². The van der Waals surface area contributed by atoms with Crippen LogP contribution in [-0.4, -0.2) is 26.9 Å². The lowest BCUT2D eigenvalue weighted by Gasteiger charge is -2.21. The molecule has 0 aromatic heterocycles. The van der Waals surface area contributed by atoms with Crippen molar-refractivity contribution >= 4 is 15.9 Å². The van der Waals surface area contributed by atoms with Crippen LogP contribution in [0.1, 0.15) is 33.6 Å². The van der Waals surface area contributed by atoms with Crippen LogP contribution in [0.5, 0.6) is 0 Å². The van der Waals surface area contributed by atoms with E-state index in [0.717, 1.165) is 18.9 Å². The van der Waals surface area contributed by atoms with Gasteiger partial charge in [-0.1, -0.05) is 39.3 Å². The van der Waals surface area contributed by atoms with Crippen molar-refractivity contribution in [1.82, 2.24) is 10.0 Å². The largest absolute Gasteiger partial charge is 0.355 e. The van der Waals surface area contributed by atoms with Crippen LogP contribution in [0.3, 0.4) is 0 Å². The van der Waals surface area contributed by atoms with Gasteiger partial charge in [-0.2, -0.15) is 4.72 Å². The maximum absolute atomic E-state index is 13.7. The molecule has 7 heteroatoms. The van der Waals surface area contributed by atoms with E-state index in [0.29, 0.717) is 6.54 Å². The Morgan fingerprint density at radius 3 is 2.45 bits per heavy atom. The third kappa shape index (κ3) is 5.06. The Bertz CT molecular complexity index is 603. The van der Waals surface area contributed by atoms with Crippen molar-refractivity contribution in [1.29, 1.82) is 0 Å². The summed E-state index contributed by atoms with van der Waals surface area (Å²) in [6, 6.07) is 4.14. The van der Waals surface area contributed by atoms with Gasteiger partial charge >= 0.3 is 0 Å². The molecule has 0 spiro atoms. The molecule has 2 N–H and O–H groups in total. The van der Waals surface area contributed by atoms with Gasteiger partial charge in [-0.3, -0.25) is 4.79 Å². The predicted molar refractivity (Wildman–Crippen MR) is 83.3 cm³/mol. The Morgan fingerprint density at radius 2 is 1.91 bits per heavy atom. The Hall–Kier alpha value is -1.47. The Balaban J connectivity index is 2.91. The topological polar surface area (TPSA) is 75.3 Å². The van der Waals surface area contributed by atoms with Crippen LogP contribution in [0.25, 0.3) is 0 Å². The molecule has 1 amide bonds. The van der Waals surface area contributed by atoms with Crippen LogP contribution in [0.2, 0.25) is 0 Å². The minimum absolute atomic E-state index is 0.261. The highest BCUT2D eigenvalue weighted by Crippen LogP contribution is 2.15. The summed E-state index contributed by atoms with van der Waals surface area (Å²) in [4.78, 5) is 11.7. The Labute approximate surface area is 131 Å². The molecule has 22 heavy (non-hydrogen) atoms. The van der Waals surface area contributed by atoms with Crippen molar-refractivity contribution in [2.24, 2.45) is 5.92 Å². The minimum Gasteiger partial charge on any atom is -0.355 e. The third-order valence-corrected chi connectivity index (χ3v) is 4.66. The van der Waals surface area contributed by atoms with Crippen LogP contribution in [0, 0.1) is 11.7 Å². The molecule has 5 nitrogen and oxygen atoms in total. The second-order valence-electron chi connectivity index (χ2n) is 5.42. The van der Waals surface area contributed by atoms with Gasteiger partial charge in [0.1, 0.15) is 16.8 Å². The smallest absolute Gasteiger partial charge is 0.244 e. The number of unbranched alkanes of at least 4 members (excludes halogenated alkanes) is 1. The molecule has 1 atom stereocenters. The Morgan fingerprint density at radius 1 is 1.27 bits per heavy atom. The first kappa shape index (κ1) is 18.6. The van der Waals surface area contributed by atoms with Gasteiger partial charge in [0.25, 0.3) is 0 Å². The van der Waals surface area contributed by atoms with Gasteiger partial charge in [-0.25, -0.2) is 12.8 Å². The normalized spacial score (nSPS) is 13.1.